The summed E-state index contributed by atoms with van der Waals surface area (Å²) in [5, 5.41) is 0. The topological polar surface area (TPSA) is 26.3 Å². The highest BCUT2D eigenvalue weighted by atomic mass is 35.7. The van der Waals surface area contributed by atoms with E-state index in [2.05, 4.69) is 4.18 Å². The molecule has 0 aromatic carbocycles. The maximum atomic E-state index is 9.80. The van der Waals surface area contributed by atoms with Crippen LogP contribution in [0, 0.1) is 0 Å². The van der Waals surface area contributed by atoms with Gasteiger partial charge in [0, 0.05) is 16.6 Å². The molecule has 0 fully saturated rings. The van der Waals surface area contributed by atoms with Gasteiger partial charge >= 0.3 is 0 Å². The second-order valence-corrected chi connectivity index (χ2v) is 2.46. The molecule has 0 aromatic heterocycles. The second-order valence-electron chi connectivity index (χ2n) is 0.705. The normalized spacial score (nSPS) is 14.0. The summed E-state index contributed by atoms with van der Waals surface area (Å²) >= 11 is 5.13. The van der Waals surface area contributed by atoms with Crippen molar-refractivity contribution in [2.45, 2.75) is 0 Å². The molecule has 1 atom stereocenters. The van der Waals surface area contributed by atoms with E-state index in [0.717, 1.165) is 0 Å². The third-order valence-electron chi connectivity index (χ3n) is 0.253. The van der Waals surface area contributed by atoms with Gasteiger partial charge in [0.2, 0.25) is 0 Å². The number of hydrogen-bond acceptors (Lipinski definition) is 2. The zero-order valence-electron chi connectivity index (χ0n) is 3.39. The molecule has 0 aromatic rings. The van der Waals surface area contributed by atoms with Crippen molar-refractivity contribution < 1.29 is 8.39 Å². The molecule has 0 aliphatic rings. The van der Waals surface area contributed by atoms with Crippen LogP contribution in [0.5, 0.6) is 0 Å². The molecule has 0 saturated heterocycles. The molecule has 0 radical (unpaired) electrons. The van der Waals surface area contributed by atoms with Crippen LogP contribution in [-0.4, -0.2) is 16.7 Å². The Morgan fingerprint density at radius 2 is 2.29 bits per heavy atom. The Morgan fingerprint density at radius 3 is 2.43 bits per heavy atom. The quantitative estimate of drug-likeness (QED) is 0.459. The lowest BCUT2D eigenvalue weighted by atomic mass is 10.9. The van der Waals surface area contributed by atoms with Crippen molar-refractivity contribution in [3.63, 3.8) is 0 Å². The van der Waals surface area contributed by atoms with E-state index in [1.165, 1.54) is 0 Å². The molecule has 2 nitrogen and oxygen atoms in total. The Kier molecular flexibility index (Phi) is 5.32. The van der Waals surface area contributed by atoms with Crippen molar-refractivity contribution in [3.05, 3.63) is 0 Å². The average Bonchev–Trinajstić information content (AvgIpc) is 1.61. The van der Waals surface area contributed by atoms with E-state index in [4.69, 9.17) is 22.3 Å². The maximum Gasteiger partial charge on any atom is 0.255 e. The molecule has 0 aliphatic heterocycles. The Bertz CT molecular complexity index is 66.7. The van der Waals surface area contributed by atoms with Crippen LogP contribution in [0.2, 0.25) is 0 Å². The molecule has 0 N–H and O–H groups in total. The molecule has 0 spiro atoms. The van der Waals surface area contributed by atoms with Crippen LogP contribution in [0.25, 0.3) is 0 Å². The SMILES string of the molecule is O=S(Cl)OCCCl. The molecule has 7 heavy (non-hydrogen) atoms. The third kappa shape index (κ3) is 6.69. The van der Waals surface area contributed by atoms with Crippen LogP contribution >= 0.6 is 22.3 Å². The Labute approximate surface area is 53.9 Å². The summed E-state index contributed by atoms with van der Waals surface area (Å²) in [6.07, 6.45) is 0. The lowest BCUT2D eigenvalue weighted by molar-refractivity contribution is 0.383. The largest absolute Gasteiger partial charge is 0.277 e. The average molecular weight is 163 g/mol. The fourth-order valence-electron chi connectivity index (χ4n) is 0.0970. The highest BCUT2D eigenvalue weighted by molar-refractivity contribution is 8.04. The van der Waals surface area contributed by atoms with Crippen molar-refractivity contribution in [2.75, 3.05) is 12.5 Å². The smallest absolute Gasteiger partial charge is 0.255 e. The van der Waals surface area contributed by atoms with Gasteiger partial charge in [0.25, 0.3) is 10.3 Å². The molecular weight excluding hydrogens is 159 g/mol. The van der Waals surface area contributed by atoms with E-state index in [1.807, 2.05) is 0 Å². The molecule has 5 heteroatoms. The van der Waals surface area contributed by atoms with Gasteiger partial charge in [-0.3, -0.25) is 4.18 Å². The summed E-state index contributed by atoms with van der Waals surface area (Å²) in [4.78, 5) is 0. The van der Waals surface area contributed by atoms with Gasteiger partial charge in [-0.2, -0.15) is 0 Å². The summed E-state index contributed by atoms with van der Waals surface area (Å²) in [6, 6.07) is 0. The van der Waals surface area contributed by atoms with E-state index < -0.39 is 10.3 Å². The molecule has 0 rings (SSSR count). The Balaban J connectivity index is 2.82. The molecule has 0 saturated carbocycles. The van der Waals surface area contributed by atoms with E-state index in [-0.39, 0.29) is 6.61 Å². The first-order valence-corrected chi connectivity index (χ1v) is 3.98. The van der Waals surface area contributed by atoms with E-state index in [9.17, 15) is 4.21 Å². The number of halogens is 2. The minimum absolute atomic E-state index is 0.234. The van der Waals surface area contributed by atoms with Crippen molar-refractivity contribution >= 4 is 32.6 Å². The van der Waals surface area contributed by atoms with Crippen molar-refractivity contribution in [2.24, 2.45) is 0 Å². The number of alkyl halides is 1. The molecule has 0 bridgehead atoms. The first-order chi connectivity index (χ1) is 3.27. The van der Waals surface area contributed by atoms with Crippen LogP contribution in [0.15, 0.2) is 0 Å². The van der Waals surface area contributed by atoms with Gasteiger partial charge in [0.05, 0.1) is 6.61 Å². The highest BCUT2D eigenvalue weighted by Crippen LogP contribution is 1.90. The van der Waals surface area contributed by atoms with Gasteiger partial charge in [0.1, 0.15) is 0 Å². The lowest BCUT2D eigenvalue weighted by Crippen LogP contribution is -1.92. The Hall–Kier alpha value is 0.690. The second kappa shape index (κ2) is 4.84. The molecule has 44 valence electrons. The summed E-state index contributed by atoms with van der Waals surface area (Å²) in [7, 11) is 3.17. The molecule has 0 amide bonds. The van der Waals surface area contributed by atoms with E-state index in [0.29, 0.717) is 5.88 Å². The molecule has 0 aliphatic carbocycles. The van der Waals surface area contributed by atoms with Crippen LogP contribution in [0.3, 0.4) is 0 Å². The van der Waals surface area contributed by atoms with E-state index in [1.54, 1.807) is 0 Å². The molecule has 1 unspecified atom stereocenters. The predicted octanol–water partition coefficient (Wildman–Crippen LogP) is 1.06. The lowest BCUT2D eigenvalue weighted by Gasteiger charge is -1.87. The molecule has 0 heterocycles. The predicted molar refractivity (Wildman–Crippen MR) is 30.7 cm³/mol. The molecular formula is C2H4Cl2O2S. The zero-order valence-corrected chi connectivity index (χ0v) is 5.72. The van der Waals surface area contributed by atoms with Gasteiger partial charge in [-0.25, -0.2) is 4.21 Å². The van der Waals surface area contributed by atoms with E-state index >= 15 is 0 Å². The summed E-state index contributed by atoms with van der Waals surface area (Å²) in [6.45, 7) is 0.234. The minimum Gasteiger partial charge on any atom is -0.277 e. The summed E-state index contributed by atoms with van der Waals surface area (Å²) in [5.74, 6) is 0.318. The van der Waals surface area contributed by atoms with Crippen LogP contribution in [-0.2, 0) is 14.5 Å². The van der Waals surface area contributed by atoms with Crippen molar-refractivity contribution in [1.29, 1.82) is 0 Å². The van der Waals surface area contributed by atoms with Gasteiger partial charge in [-0.1, -0.05) is 0 Å². The monoisotopic (exact) mass is 162 g/mol. The first kappa shape index (κ1) is 7.69. The zero-order chi connectivity index (χ0) is 5.70. The van der Waals surface area contributed by atoms with Crippen molar-refractivity contribution in [3.8, 4) is 0 Å². The van der Waals surface area contributed by atoms with Crippen molar-refractivity contribution in [1.82, 2.24) is 0 Å². The summed E-state index contributed by atoms with van der Waals surface area (Å²) in [5.41, 5.74) is 0. The fourth-order valence-corrected chi connectivity index (χ4v) is 0.669. The number of hydrogen-bond donors (Lipinski definition) is 0. The van der Waals surface area contributed by atoms with Gasteiger partial charge in [0.15, 0.2) is 0 Å². The van der Waals surface area contributed by atoms with Crippen LogP contribution < -0.4 is 0 Å². The minimum atomic E-state index is -1.68. The third-order valence-corrected chi connectivity index (χ3v) is 1.03. The highest BCUT2D eigenvalue weighted by Gasteiger charge is 1.88. The van der Waals surface area contributed by atoms with Gasteiger partial charge in [-0.15, -0.1) is 11.6 Å². The fraction of sp³-hybridized carbons (Fsp3) is 1.00. The first-order valence-electron chi connectivity index (χ1n) is 1.54. The van der Waals surface area contributed by atoms with Gasteiger partial charge < -0.3 is 0 Å². The van der Waals surface area contributed by atoms with Crippen LogP contribution in [0.4, 0.5) is 0 Å². The van der Waals surface area contributed by atoms with Crippen LogP contribution in [0.1, 0.15) is 0 Å². The number of rotatable bonds is 3. The maximum absolute atomic E-state index is 9.80. The Morgan fingerprint density at radius 1 is 1.71 bits per heavy atom. The summed E-state index contributed by atoms with van der Waals surface area (Å²) < 4.78 is 14.1. The standard InChI is InChI=1S/C2H4Cl2O2S/c3-1-2-6-7(4)5/h1-2H2. The van der Waals surface area contributed by atoms with Gasteiger partial charge in [-0.05, 0) is 0 Å².